The van der Waals surface area contributed by atoms with E-state index in [4.69, 9.17) is 21.4 Å². The Balaban J connectivity index is 0.00000136. The van der Waals surface area contributed by atoms with E-state index >= 15 is 0 Å². The zero-order valence-electron chi connectivity index (χ0n) is 14.9. The third-order valence-corrected chi connectivity index (χ3v) is 4.75. The average Bonchev–Trinajstić information content (AvgIpc) is 2.67. The first-order valence-electron chi connectivity index (χ1n) is 7.90. The van der Waals surface area contributed by atoms with Crippen molar-refractivity contribution in [2.45, 2.75) is 23.0 Å². The third kappa shape index (κ3) is 5.60. The maximum atomic E-state index is 13.1. The lowest BCUT2D eigenvalue weighted by molar-refractivity contribution is -0.145. The highest BCUT2D eigenvalue weighted by Gasteiger charge is 2.36. The zero-order valence-corrected chi connectivity index (χ0v) is 16.4. The summed E-state index contributed by atoms with van der Waals surface area (Å²) in [6.45, 7) is 1.45. The lowest BCUT2D eigenvalue weighted by Crippen LogP contribution is -2.13. The number of aliphatic hydroxyl groups excluding tert-OH is 1. The minimum atomic E-state index is -4.66. The van der Waals surface area contributed by atoms with Crippen molar-refractivity contribution >= 4 is 23.4 Å². The van der Waals surface area contributed by atoms with E-state index < -0.39 is 12.0 Å². The molecule has 0 bridgehead atoms. The molecule has 3 aromatic rings. The quantitative estimate of drug-likeness (QED) is 0.516. The number of halogens is 4. The van der Waals surface area contributed by atoms with Crippen LogP contribution in [0.4, 0.5) is 13.2 Å². The van der Waals surface area contributed by atoms with Gasteiger partial charge in [0, 0.05) is 12.0 Å². The van der Waals surface area contributed by atoms with Crippen LogP contribution in [-0.2, 0) is 6.18 Å². The number of para-hydroxylation sites is 1. The van der Waals surface area contributed by atoms with Crippen LogP contribution in [0.5, 0.6) is 11.5 Å². The molecule has 1 N–H and O–H groups in total. The van der Waals surface area contributed by atoms with Crippen LogP contribution < -0.4 is 4.74 Å². The number of hydrogen-bond acceptors (Lipinski definition) is 5. The Morgan fingerprint density at radius 3 is 2.18 bits per heavy atom. The molecule has 0 amide bonds. The molecule has 1 aromatic heterocycles. The van der Waals surface area contributed by atoms with Gasteiger partial charge in [0.2, 0.25) is 5.82 Å². The van der Waals surface area contributed by atoms with Gasteiger partial charge in [0.25, 0.3) is 0 Å². The highest BCUT2D eigenvalue weighted by atomic mass is 35.5. The van der Waals surface area contributed by atoms with Crippen molar-refractivity contribution in [2.75, 3.05) is 7.11 Å². The van der Waals surface area contributed by atoms with Crippen molar-refractivity contribution in [1.82, 2.24) is 9.97 Å². The number of aromatic nitrogens is 2. The molecule has 0 saturated carbocycles. The van der Waals surface area contributed by atoms with Gasteiger partial charge in [0.1, 0.15) is 10.8 Å². The second-order valence-corrected chi connectivity index (χ2v) is 6.65. The number of rotatable bonds is 4. The predicted octanol–water partition coefficient (Wildman–Crippen LogP) is 6.01. The van der Waals surface area contributed by atoms with Gasteiger partial charge in [-0.1, -0.05) is 53.7 Å². The van der Waals surface area contributed by atoms with Gasteiger partial charge >= 0.3 is 6.18 Å². The molecule has 0 spiro atoms. The zero-order chi connectivity index (χ0) is 20.7. The normalized spacial score (nSPS) is 10.8. The topological polar surface area (TPSA) is 55.2 Å². The van der Waals surface area contributed by atoms with E-state index in [-0.39, 0.29) is 16.5 Å². The summed E-state index contributed by atoms with van der Waals surface area (Å²) in [5.41, 5.74) is 0.0886. The van der Waals surface area contributed by atoms with Crippen molar-refractivity contribution in [3.63, 3.8) is 0 Å². The lowest BCUT2D eigenvalue weighted by atomic mass is 10.3. The fourth-order valence-corrected chi connectivity index (χ4v) is 3.27. The first kappa shape index (κ1) is 22.0. The predicted molar refractivity (Wildman–Crippen MR) is 102 cm³/mol. The van der Waals surface area contributed by atoms with Crippen LogP contribution in [0.1, 0.15) is 11.5 Å². The molecule has 0 fully saturated rings. The van der Waals surface area contributed by atoms with Crippen molar-refractivity contribution < 1.29 is 23.0 Å². The highest BCUT2D eigenvalue weighted by Crippen LogP contribution is 2.41. The molecule has 0 aliphatic heterocycles. The minimum absolute atomic E-state index is 0.0433. The van der Waals surface area contributed by atoms with E-state index in [0.29, 0.717) is 15.7 Å². The molecule has 0 aliphatic carbocycles. The summed E-state index contributed by atoms with van der Waals surface area (Å²) in [7, 11) is 1.00. The molecule has 3 rings (SSSR count). The fraction of sp³-hybridized carbons (Fsp3) is 0.158. The Labute approximate surface area is 169 Å². The summed E-state index contributed by atoms with van der Waals surface area (Å²) in [6, 6.07) is 15.5. The van der Waals surface area contributed by atoms with Crippen LogP contribution in [0, 0.1) is 6.92 Å². The van der Waals surface area contributed by atoms with E-state index in [1.807, 2.05) is 6.07 Å². The Kier molecular flexibility index (Phi) is 7.68. The van der Waals surface area contributed by atoms with Gasteiger partial charge in [0.05, 0.1) is 10.7 Å². The number of aliphatic hydroxyl groups is 1. The van der Waals surface area contributed by atoms with E-state index in [1.54, 1.807) is 48.5 Å². The van der Waals surface area contributed by atoms with E-state index in [9.17, 15) is 13.2 Å². The molecule has 2 aromatic carbocycles. The van der Waals surface area contributed by atoms with Crippen LogP contribution in [-0.4, -0.2) is 22.2 Å². The average molecular weight is 429 g/mol. The second-order valence-electron chi connectivity index (χ2n) is 5.21. The smallest absolute Gasteiger partial charge is 0.451 e. The standard InChI is InChI=1S/C18H12ClF3N2OS.CH4O/c1-11-15(25-12-7-3-2-4-8-12)16(24-17(23-11)18(20,21)22)26-14-10-6-5-9-13(14)19;1-2/h2-10H,1H3;2H,1H3. The first-order chi connectivity index (χ1) is 13.3. The summed E-state index contributed by atoms with van der Waals surface area (Å²) in [5.74, 6) is -0.584. The van der Waals surface area contributed by atoms with Crippen molar-refractivity contribution in [1.29, 1.82) is 0 Å². The summed E-state index contributed by atoms with van der Waals surface area (Å²) in [4.78, 5) is 7.81. The Morgan fingerprint density at radius 2 is 1.57 bits per heavy atom. The van der Waals surface area contributed by atoms with Crippen LogP contribution in [0.2, 0.25) is 5.02 Å². The molecule has 1 heterocycles. The summed E-state index contributed by atoms with van der Waals surface area (Å²) in [6.07, 6.45) is -4.66. The Bertz CT molecular complexity index is 925. The number of ether oxygens (including phenoxy) is 1. The van der Waals surface area contributed by atoms with Gasteiger partial charge in [-0.05, 0) is 31.2 Å². The summed E-state index contributed by atoms with van der Waals surface area (Å²) in [5, 5.41) is 7.45. The molecule has 4 nitrogen and oxygen atoms in total. The maximum absolute atomic E-state index is 13.1. The van der Waals surface area contributed by atoms with Crippen LogP contribution in [0.3, 0.4) is 0 Å². The van der Waals surface area contributed by atoms with Gasteiger partial charge in [-0.25, -0.2) is 9.97 Å². The van der Waals surface area contributed by atoms with Crippen LogP contribution >= 0.6 is 23.4 Å². The van der Waals surface area contributed by atoms with Gasteiger partial charge in [-0.2, -0.15) is 13.2 Å². The maximum Gasteiger partial charge on any atom is 0.451 e. The number of nitrogens with zero attached hydrogens (tertiary/aromatic N) is 2. The molecule has 0 atom stereocenters. The van der Waals surface area contributed by atoms with Crippen molar-refractivity contribution in [3.8, 4) is 11.5 Å². The molecular weight excluding hydrogens is 413 g/mol. The van der Waals surface area contributed by atoms with E-state index in [2.05, 4.69) is 9.97 Å². The van der Waals surface area contributed by atoms with Crippen LogP contribution in [0.15, 0.2) is 64.5 Å². The number of hydrogen-bond donors (Lipinski definition) is 1. The van der Waals surface area contributed by atoms with E-state index in [0.717, 1.165) is 18.9 Å². The van der Waals surface area contributed by atoms with Crippen molar-refractivity contribution in [2.24, 2.45) is 0 Å². The number of aryl methyl sites for hydroxylation is 1. The molecule has 0 aliphatic rings. The number of alkyl halides is 3. The van der Waals surface area contributed by atoms with Crippen molar-refractivity contribution in [3.05, 3.63) is 71.1 Å². The molecule has 0 radical (unpaired) electrons. The Morgan fingerprint density at radius 1 is 0.964 bits per heavy atom. The Hall–Kier alpha value is -2.29. The molecule has 9 heteroatoms. The van der Waals surface area contributed by atoms with Gasteiger partial charge in [0.15, 0.2) is 5.75 Å². The molecule has 0 unspecified atom stereocenters. The fourth-order valence-electron chi connectivity index (χ4n) is 2.09. The minimum Gasteiger partial charge on any atom is -0.453 e. The van der Waals surface area contributed by atoms with Gasteiger partial charge in [-0.3, -0.25) is 0 Å². The summed E-state index contributed by atoms with van der Waals surface area (Å²) >= 11 is 7.13. The van der Waals surface area contributed by atoms with Gasteiger partial charge in [-0.15, -0.1) is 0 Å². The number of benzene rings is 2. The van der Waals surface area contributed by atoms with E-state index in [1.165, 1.54) is 6.92 Å². The molecule has 0 saturated heterocycles. The first-order valence-corrected chi connectivity index (χ1v) is 9.10. The largest absolute Gasteiger partial charge is 0.453 e. The monoisotopic (exact) mass is 428 g/mol. The SMILES string of the molecule is CO.Cc1nc(C(F)(F)F)nc(Sc2ccccc2Cl)c1Oc1ccccc1. The molecule has 148 valence electrons. The third-order valence-electron chi connectivity index (χ3n) is 3.26. The summed E-state index contributed by atoms with van der Waals surface area (Å²) < 4.78 is 45.1. The second kappa shape index (κ2) is 9.77. The highest BCUT2D eigenvalue weighted by molar-refractivity contribution is 7.99. The van der Waals surface area contributed by atoms with Gasteiger partial charge < -0.3 is 9.84 Å². The molecule has 28 heavy (non-hydrogen) atoms. The molecular formula is C19H16ClF3N2O2S. The lowest BCUT2D eigenvalue weighted by Gasteiger charge is -2.15. The van der Waals surface area contributed by atoms with Crippen LogP contribution in [0.25, 0.3) is 0 Å².